The molecule has 150 valence electrons. The number of Topliss-reactive ketones (excluding diaryl/α,β-unsaturated/α-hetero) is 1. The summed E-state index contributed by atoms with van der Waals surface area (Å²) >= 11 is 12.2. The lowest BCUT2D eigenvalue weighted by molar-refractivity contribution is -0.132. The predicted octanol–water partition coefficient (Wildman–Crippen LogP) is 6.16. The molecule has 1 aliphatic heterocycles. The van der Waals surface area contributed by atoms with Crippen molar-refractivity contribution in [2.45, 2.75) is 24.1 Å². The number of benzene rings is 1. The summed E-state index contributed by atoms with van der Waals surface area (Å²) in [6.07, 6.45) is 5.58. The van der Waals surface area contributed by atoms with Gasteiger partial charge in [0, 0.05) is 20.8 Å². The third-order valence-electron chi connectivity index (χ3n) is 4.61. The van der Waals surface area contributed by atoms with Crippen molar-refractivity contribution in [3.63, 3.8) is 0 Å². The van der Waals surface area contributed by atoms with Crippen molar-refractivity contribution in [1.29, 1.82) is 0 Å². The number of amides is 1. The first-order chi connectivity index (χ1) is 13.9. The molecule has 7 heteroatoms. The molecule has 0 saturated carbocycles. The van der Waals surface area contributed by atoms with Crippen LogP contribution in [0.15, 0.2) is 80.3 Å². The quantitative estimate of drug-likeness (QED) is 0.375. The van der Waals surface area contributed by atoms with Crippen molar-refractivity contribution in [3.8, 4) is 0 Å². The minimum absolute atomic E-state index is 0.142. The van der Waals surface area contributed by atoms with Gasteiger partial charge in [0.05, 0.1) is 5.54 Å². The van der Waals surface area contributed by atoms with Gasteiger partial charge in [0.2, 0.25) is 5.91 Å². The van der Waals surface area contributed by atoms with Gasteiger partial charge in [-0.15, -0.1) is 11.8 Å². The highest BCUT2D eigenvalue weighted by atomic mass is 79.9. The first kappa shape index (κ1) is 22.1. The molecule has 1 aromatic carbocycles. The van der Waals surface area contributed by atoms with E-state index in [9.17, 15) is 9.59 Å². The number of thioether (sulfide) groups is 1. The smallest absolute Gasteiger partial charge is 0.242 e. The van der Waals surface area contributed by atoms with Gasteiger partial charge in [-0.2, -0.15) is 11.3 Å². The van der Waals surface area contributed by atoms with Gasteiger partial charge in [0.25, 0.3) is 0 Å². The van der Waals surface area contributed by atoms with Crippen molar-refractivity contribution in [1.82, 2.24) is 5.32 Å². The van der Waals surface area contributed by atoms with E-state index in [0.29, 0.717) is 9.94 Å². The Kier molecular flexibility index (Phi) is 7.22. The number of rotatable bonds is 6. The molecule has 29 heavy (non-hydrogen) atoms. The molecule has 3 nitrogen and oxygen atoms in total. The van der Waals surface area contributed by atoms with Gasteiger partial charge in [-0.3, -0.25) is 9.59 Å². The van der Waals surface area contributed by atoms with Crippen LogP contribution in [-0.2, 0) is 15.1 Å². The minimum atomic E-state index is -0.878. The van der Waals surface area contributed by atoms with Crippen LogP contribution in [0.4, 0.5) is 0 Å². The van der Waals surface area contributed by atoms with Crippen LogP contribution < -0.4 is 5.32 Å². The molecule has 2 unspecified atom stereocenters. The molecule has 2 aromatic rings. The molecule has 1 amide bonds. The fraction of sp³-hybridized carbons (Fsp3) is 0.182. The minimum Gasteiger partial charge on any atom is -0.341 e. The lowest BCUT2D eigenvalue weighted by Crippen LogP contribution is -2.58. The predicted molar refractivity (Wildman–Crippen MR) is 126 cm³/mol. The summed E-state index contributed by atoms with van der Waals surface area (Å²) in [6.45, 7) is 5.62. The molecule has 2 atom stereocenters. The molecular weight excluding hydrogens is 490 g/mol. The van der Waals surface area contributed by atoms with Crippen LogP contribution in [0.3, 0.4) is 0 Å². The number of carbonyl (C=O) groups excluding carboxylic acids is 2. The summed E-state index contributed by atoms with van der Waals surface area (Å²) in [6, 6.07) is 9.64. The summed E-state index contributed by atoms with van der Waals surface area (Å²) in [5.74, 6) is -0.471. The monoisotopic (exact) mass is 507 g/mol. The van der Waals surface area contributed by atoms with Crippen LogP contribution in [0.1, 0.15) is 24.5 Å². The molecule has 1 aromatic heterocycles. The number of piperidine rings is 1. The Morgan fingerprint density at radius 1 is 1.31 bits per heavy atom. The number of nitrogens with one attached hydrogen (secondary N) is 1. The van der Waals surface area contributed by atoms with Crippen LogP contribution in [0.25, 0.3) is 0 Å². The van der Waals surface area contributed by atoms with Gasteiger partial charge in [0.15, 0.2) is 5.78 Å². The lowest BCUT2D eigenvalue weighted by atomic mass is 9.77. The second kappa shape index (κ2) is 9.47. The van der Waals surface area contributed by atoms with Gasteiger partial charge in [-0.1, -0.05) is 58.4 Å². The topological polar surface area (TPSA) is 46.2 Å². The maximum absolute atomic E-state index is 13.2. The molecule has 1 fully saturated rings. The first-order valence-electron chi connectivity index (χ1n) is 8.85. The fourth-order valence-corrected chi connectivity index (χ4v) is 5.31. The molecule has 2 heterocycles. The normalized spacial score (nSPS) is 22.7. The highest BCUT2D eigenvalue weighted by Crippen LogP contribution is 2.41. The standard InChI is InChI=1S/C22H19BrClNO2S2/c1-3-4-5-19(14(2)24)29-20-18(26)12-22(25-21(20)27,16-10-11-28-13-16)15-6-8-17(23)9-7-15/h3-11,13,20H,2,12H2,1H3,(H,25,27)/b4-3-,19-5+. The van der Waals surface area contributed by atoms with Gasteiger partial charge in [-0.25, -0.2) is 0 Å². The second-order valence-electron chi connectivity index (χ2n) is 6.52. The van der Waals surface area contributed by atoms with Crippen molar-refractivity contribution < 1.29 is 9.59 Å². The van der Waals surface area contributed by atoms with Gasteiger partial charge < -0.3 is 5.32 Å². The summed E-state index contributed by atoms with van der Waals surface area (Å²) in [5, 5.41) is 6.49. The Balaban J connectivity index is 1.97. The maximum atomic E-state index is 13.2. The summed E-state index contributed by atoms with van der Waals surface area (Å²) < 4.78 is 0.933. The van der Waals surface area contributed by atoms with Crippen LogP contribution in [0, 0.1) is 0 Å². The molecule has 0 aliphatic carbocycles. The van der Waals surface area contributed by atoms with E-state index in [4.69, 9.17) is 11.6 Å². The molecule has 1 saturated heterocycles. The Hall–Kier alpha value is -1.60. The third kappa shape index (κ3) is 4.77. The van der Waals surface area contributed by atoms with Gasteiger partial charge in [-0.05, 0) is 53.1 Å². The Morgan fingerprint density at radius 2 is 2.03 bits per heavy atom. The van der Waals surface area contributed by atoms with Crippen molar-refractivity contribution in [3.05, 3.63) is 91.4 Å². The van der Waals surface area contributed by atoms with E-state index in [1.54, 1.807) is 12.2 Å². The third-order valence-corrected chi connectivity index (χ3v) is 7.49. The molecule has 0 bridgehead atoms. The number of hydrogen-bond donors (Lipinski definition) is 1. The average molecular weight is 509 g/mol. The zero-order valence-electron chi connectivity index (χ0n) is 15.7. The largest absolute Gasteiger partial charge is 0.341 e. The average Bonchev–Trinajstić information content (AvgIpc) is 3.22. The van der Waals surface area contributed by atoms with Crippen molar-refractivity contribution in [2.75, 3.05) is 0 Å². The molecule has 1 aliphatic rings. The molecule has 1 N–H and O–H groups in total. The number of allylic oxidation sites excluding steroid dienone is 4. The maximum Gasteiger partial charge on any atom is 0.242 e. The summed E-state index contributed by atoms with van der Waals surface area (Å²) in [5.41, 5.74) is 0.897. The van der Waals surface area contributed by atoms with E-state index in [1.165, 1.54) is 11.3 Å². The molecular formula is C22H19BrClNO2S2. The van der Waals surface area contributed by atoms with E-state index in [2.05, 4.69) is 27.8 Å². The highest BCUT2D eigenvalue weighted by molar-refractivity contribution is 9.10. The number of hydrogen-bond acceptors (Lipinski definition) is 4. The van der Waals surface area contributed by atoms with Crippen LogP contribution in [0.2, 0.25) is 0 Å². The van der Waals surface area contributed by atoms with E-state index in [0.717, 1.165) is 27.4 Å². The van der Waals surface area contributed by atoms with Crippen LogP contribution in [-0.4, -0.2) is 16.9 Å². The van der Waals surface area contributed by atoms with Crippen LogP contribution in [0.5, 0.6) is 0 Å². The van der Waals surface area contributed by atoms with E-state index in [-0.39, 0.29) is 18.1 Å². The second-order valence-corrected chi connectivity index (χ2v) is 9.81. The number of halogens is 2. The molecule has 0 spiro atoms. The zero-order valence-corrected chi connectivity index (χ0v) is 19.6. The number of thiophene rings is 1. The van der Waals surface area contributed by atoms with E-state index in [1.807, 2.05) is 54.1 Å². The highest BCUT2D eigenvalue weighted by Gasteiger charge is 2.47. The van der Waals surface area contributed by atoms with Gasteiger partial charge >= 0.3 is 0 Å². The number of ketones is 1. The Bertz CT molecular complexity index is 963. The summed E-state index contributed by atoms with van der Waals surface area (Å²) in [7, 11) is 0. The van der Waals surface area contributed by atoms with E-state index >= 15 is 0 Å². The molecule has 0 radical (unpaired) electrons. The van der Waals surface area contributed by atoms with Gasteiger partial charge in [0.1, 0.15) is 5.25 Å². The van der Waals surface area contributed by atoms with Crippen LogP contribution >= 0.6 is 50.6 Å². The lowest BCUT2D eigenvalue weighted by Gasteiger charge is -2.40. The summed E-state index contributed by atoms with van der Waals surface area (Å²) in [4.78, 5) is 26.9. The Morgan fingerprint density at radius 3 is 2.59 bits per heavy atom. The number of carbonyl (C=O) groups is 2. The fourth-order valence-electron chi connectivity index (χ4n) is 3.20. The van der Waals surface area contributed by atoms with E-state index < -0.39 is 10.8 Å². The SMILES string of the molecule is C=C(Cl)/C(=C\C=C/C)SC1C(=O)CC(c2ccc(Br)cc2)(c2ccsc2)NC1=O. The Labute approximate surface area is 192 Å². The first-order valence-corrected chi connectivity index (χ1v) is 11.8. The van der Waals surface area contributed by atoms with Crippen molar-refractivity contribution in [2.24, 2.45) is 0 Å². The van der Waals surface area contributed by atoms with Crippen molar-refractivity contribution >= 4 is 62.3 Å². The zero-order chi connectivity index (χ0) is 21.0. The molecule has 3 rings (SSSR count).